The lowest BCUT2D eigenvalue weighted by Gasteiger charge is -2.15. The molecule has 0 spiro atoms. The lowest BCUT2D eigenvalue weighted by atomic mass is 10.1. The summed E-state index contributed by atoms with van der Waals surface area (Å²) in [5.41, 5.74) is 1.87. The van der Waals surface area contributed by atoms with Crippen molar-refractivity contribution in [2.24, 2.45) is 0 Å². The molecule has 0 aliphatic rings. The van der Waals surface area contributed by atoms with Gasteiger partial charge in [0.05, 0.1) is 18.4 Å². The molecule has 4 aromatic rings. The second-order valence-corrected chi connectivity index (χ2v) is 6.73. The lowest BCUT2D eigenvalue weighted by Crippen LogP contribution is -2.30. The van der Waals surface area contributed by atoms with Gasteiger partial charge in [-0.15, -0.1) is 0 Å². The van der Waals surface area contributed by atoms with Gasteiger partial charge in [0.15, 0.2) is 6.10 Å². The number of esters is 1. The molecule has 7 heteroatoms. The summed E-state index contributed by atoms with van der Waals surface area (Å²) >= 11 is 0. The highest BCUT2D eigenvalue weighted by molar-refractivity contribution is 6.08. The van der Waals surface area contributed by atoms with Crippen molar-refractivity contribution in [1.29, 1.82) is 0 Å². The summed E-state index contributed by atoms with van der Waals surface area (Å²) in [6.45, 7) is 1.46. The number of aromatic hydroxyl groups is 1. The van der Waals surface area contributed by atoms with Crippen LogP contribution in [0.5, 0.6) is 11.5 Å². The van der Waals surface area contributed by atoms with Gasteiger partial charge in [-0.3, -0.25) is 4.79 Å². The molecule has 0 aliphatic carbocycles. The van der Waals surface area contributed by atoms with E-state index in [-0.39, 0.29) is 11.3 Å². The average molecular weight is 405 g/mol. The molecule has 152 valence electrons. The molecule has 1 aromatic heterocycles. The van der Waals surface area contributed by atoms with Crippen molar-refractivity contribution in [2.45, 2.75) is 13.0 Å². The molecule has 1 atom stereocenters. The zero-order valence-electron chi connectivity index (χ0n) is 16.3. The number of phenolic OH excluding ortho intramolecular Hbond substituents is 1. The number of anilines is 1. The second kappa shape index (κ2) is 7.79. The zero-order valence-corrected chi connectivity index (χ0v) is 16.3. The Kier molecular flexibility index (Phi) is 5.02. The van der Waals surface area contributed by atoms with E-state index >= 15 is 0 Å². The van der Waals surface area contributed by atoms with Gasteiger partial charge in [-0.2, -0.15) is 0 Å². The highest BCUT2D eigenvalue weighted by atomic mass is 16.5. The van der Waals surface area contributed by atoms with Crippen molar-refractivity contribution in [3.05, 3.63) is 66.2 Å². The fourth-order valence-corrected chi connectivity index (χ4v) is 3.17. The molecule has 1 heterocycles. The smallest absolute Gasteiger partial charge is 0.339 e. The largest absolute Gasteiger partial charge is 0.508 e. The lowest BCUT2D eigenvalue weighted by molar-refractivity contribution is -0.123. The van der Waals surface area contributed by atoms with Crippen LogP contribution in [0.1, 0.15) is 17.3 Å². The molecule has 0 saturated carbocycles. The van der Waals surface area contributed by atoms with Gasteiger partial charge in [-0.1, -0.05) is 24.3 Å². The molecular formula is C23H19NO6. The third-order valence-electron chi connectivity index (χ3n) is 4.69. The quantitative estimate of drug-likeness (QED) is 0.475. The molecule has 0 fully saturated rings. The molecule has 1 amide bonds. The maximum atomic E-state index is 12.6. The number of phenols is 1. The Morgan fingerprint density at radius 2 is 1.80 bits per heavy atom. The van der Waals surface area contributed by atoms with Gasteiger partial charge < -0.3 is 24.3 Å². The number of furan rings is 1. The van der Waals surface area contributed by atoms with E-state index in [1.807, 2.05) is 24.3 Å². The van der Waals surface area contributed by atoms with Gasteiger partial charge in [0, 0.05) is 16.8 Å². The standard InChI is InChI=1S/C23H19NO6/c1-13(29-23(27)14-6-5-7-15(25)10-14)22(26)24-18-12-20-17(11-21(18)28-2)16-8-3-4-9-19(16)30-20/h3-13,25H,1-2H3,(H,24,26)/t13-/m1/s1. The monoisotopic (exact) mass is 405 g/mol. The predicted octanol–water partition coefficient (Wildman–Crippen LogP) is 4.48. The Labute approximate surface area is 171 Å². The highest BCUT2D eigenvalue weighted by Gasteiger charge is 2.21. The molecule has 30 heavy (non-hydrogen) atoms. The molecule has 0 unspecified atom stereocenters. The van der Waals surface area contributed by atoms with Gasteiger partial charge in [0.1, 0.15) is 22.7 Å². The number of rotatable bonds is 5. The van der Waals surface area contributed by atoms with E-state index in [1.165, 1.54) is 38.3 Å². The van der Waals surface area contributed by atoms with Crippen molar-refractivity contribution in [1.82, 2.24) is 0 Å². The third kappa shape index (κ3) is 3.65. The Morgan fingerprint density at radius 3 is 2.57 bits per heavy atom. The van der Waals surface area contributed by atoms with Gasteiger partial charge in [0.2, 0.25) is 0 Å². The molecule has 0 aliphatic heterocycles. The number of carbonyl (C=O) groups excluding carboxylic acids is 2. The Morgan fingerprint density at radius 1 is 1.00 bits per heavy atom. The van der Waals surface area contributed by atoms with Gasteiger partial charge in [-0.25, -0.2) is 4.79 Å². The van der Waals surface area contributed by atoms with Crippen molar-refractivity contribution in [2.75, 3.05) is 12.4 Å². The van der Waals surface area contributed by atoms with E-state index in [1.54, 1.807) is 12.1 Å². The number of ether oxygens (including phenoxy) is 2. The summed E-state index contributed by atoms with van der Waals surface area (Å²) in [4.78, 5) is 24.8. The number of methoxy groups -OCH3 is 1. The van der Waals surface area contributed by atoms with Crippen LogP contribution < -0.4 is 10.1 Å². The van der Waals surface area contributed by atoms with E-state index in [0.29, 0.717) is 17.0 Å². The summed E-state index contributed by atoms with van der Waals surface area (Å²) in [5.74, 6) is -0.857. The van der Waals surface area contributed by atoms with Crippen LogP contribution in [-0.2, 0) is 9.53 Å². The van der Waals surface area contributed by atoms with Gasteiger partial charge in [-0.05, 0) is 37.3 Å². The third-order valence-corrected chi connectivity index (χ3v) is 4.69. The van der Waals surface area contributed by atoms with Crippen LogP contribution >= 0.6 is 0 Å². The number of amides is 1. The number of nitrogens with one attached hydrogen (secondary N) is 1. The van der Waals surface area contributed by atoms with Crippen LogP contribution in [0, 0.1) is 0 Å². The topological polar surface area (TPSA) is 98.0 Å². The second-order valence-electron chi connectivity index (χ2n) is 6.73. The first-order chi connectivity index (χ1) is 14.5. The molecule has 0 bridgehead atoms. The molecule has 7 nitrogen and oxygen atoms in total. The summed E-state index contributed by atoms with van der Waals surface area (Å²) < 4.78 is 16.5. The van der Waals surface area contributed by atoms with E-state index in [4.69, 9.17) is 13.9 Å². The summed E-state index contributed by atoms with van der Waals surface area (Å²) in [5, 5.41) is 14.0. The van der Waals surface area contributed by atoms with Gasteiger partial charge >= 0.3 is 5.97 Å². The van der Waals surface area contributed by atoms with Crippen LogP contribution in [0.15, 0.2) is 65.1 Å². The van der Waals surface area contributed by atoms with Crippen LogP contribution in [0.4, 0.5) is 5.69 Å². The first-order valence-corrected chi connectivity index (χ1v) is 9.26. The van der Waals surface area contributed by atoms with Crippen molar-refractivity contribution in [3.8, 4) is 11.5 Å². The SMILES string of the molecule is COc1cc2c(cc1NC(=O)[C@@H](C)OC(=O)c1cccc(O)c1)oc1ccccc12. The summed E-state index contributed by atoms with van der Waals surface area (Å²) in [6, 6.07) is 16.8. The van der Waals surface area contributed by atoms with Crippen molar-refractivity contribution >= 4 is 39.5 Å². The molecule has 4 rings (SSSR count). The normalized spacial score (nSPS) is 11.9. The molecule has 2 N–H and O–H groups in total. The first kappa shape index (κ1) is 19.3. The highest BCUT2D eigenvalue weighted by Crippen LogP contribution is 2.36. The van der Waals surface area contributed by atoms with Crippen molar-refractivity contribution < 1.29 is 28.6 Å². The molecular weight excluding hydrogens is 386 g/mol. The van der Waals surface area contributed by atoms with Crippen LogP contribution in [0.25, 0.3) is 21.9 Å². The fourth-order valence-electron chi connectivity index (χ4n) is 3.17. The Bertz CT molecular complexity index is 1260. The Balaban J connectivity index is 1.55. The zero-order chi connectivity index (χ0) is 21.3. The average Bonchev–Trinajstić information content (AvgIpc) is 3.10. The predicted molar refractivity (Wildman–Crippen MR) is 112 cm³/mol. The van der Waals surface area contributed by atoms with E-state index in [9.17, 15) is 14.7 Å². The number of carbonyl (C=O) groups is 2. The minimum atomic E-state index is -1.07. The van der Waals surface area contributed by atoms with E-state index < -0.39 is 18.0 Å². The minimum absolute atomic E-state index is 0.0644. The Hall–Kier alpha value is -4.00. The van der Waals surface area contributed by atoms with Crippen LogP contribution in [-0.4, -0.2) is 30.2 Å². The van der Waals surface area contributed by atoms with E-state index in [2.05, 4.69) is 5.32 Å². The molecule has 3 aromatic carbocycles. The maximum absolute atomic E-state index is 12.6. The first-order valence-electron chi connectivity index (χ1n) is 9.26. The van der Waals surface area contributed by atoms with Crippen molar-refractivity contribution in [3.63, 3.8) is 0 Å². The number of fused-ring (bicyclic) bond motifs is 3. The maximum Gasteiger partial charge on any atom is 0.339 e. The number of benzene rings is 3. The molecule has 0 radical (unpaired) electrons. The number of para-hydroxylation sites is 1. The number of hydrogen-bond donors (Lipinski definition) is 2. The van der Waals surface area contributed by atoms with Crippen LogP contribution in [0.2, 0.25) is 0 Å². The van der Waals surface area contributed by atoms with E-state index in [0.717, 1.165) is 16.4 Å². The van der Waals surface area contributed by atoms with Gasteiger partial charge in [0.25, 0.3) is 5.91 Å². The fraction of sp³-hybridized carbons (Fsp3) is 0.130. The summed E-state index contributed by atoms with van der Waals surface area (Å²) in [6.07, 6.45) is -1.07. The number of hydrogen-bond acceptors (Lipinski definition) is 6. The molecule has 0 saturated heterocycles. The summed E-state index contributed by atoms with van der Waals surface area (Å²) in [7, 11) is 1.50. The minimum Gasteiger partial charge on any atom is -0.508 e. The van der Waals surface area contributed by atoms with Crippen LogP contribution in [0.3, 0.4) is 0 Å².